The van der Waals surface area contributed by atoms with Crippen molar-refractivity contribution in [2.75, 3.05) is 0 Å². The molecule has 0 aliphatic heterocycles. The molecule has 4 aromatic heterocycles. The minimum Gasteiger partial charge on any atom is -0.455 e. The molecule has 0 fully saturated rings. The molecule has 4 nitrogen and oxygen atoms in total. The van der Waals surface area contributed by atoms with Gasteiger partial charge in [0.05, 0.1) is 26.9 Å². The van der Waals surface area contributed by atoms with Gasteiger partial charge in [-0.3, -0.25) is 4.57 Å². The highest BCUT2D eigenvalue weighted by molar-refractivity contribution is 7.27. The Hall–Kier alpha value is -6.04. The van der Waals surface area contributed by atoms with E-state index in [9.17, 15) is 0 Å². The van der Waals surface area contributed by atoms with Crippen LogP contribution in [-0.2, 0) is 0 Å². The van der Waals surface area contributed by atoms with Gasteiger partial charge in [0.2, 0.25) is 5.95 Å². The molecule has 0 saturated heterocycles. The van der Waals surface area contributed by atoms with Crippen molar-refractivity contribution in [3.63, 3.8) is 0 Å². The molecule has 0 saturated carbocycles. The maximum absolute atomic E-state index is 6.53. The van der Waals surface area contributed by atoms with E-state index in [1.807, 2.05) is 29.5 Å². The molecule has 11 aromatic rings. The maximum Gasteiger partial charge on any atom is 0.235 e. The van der Waals surface area contributed by atoms with E-state index < -0.39 is 0 Å². The molecule has 47 heavy (non-hydrogen) atoms. The van der Waals surface area contributed by atoms with Crippen LogP contribution in [0.15, 0.2) is 144 Å². The summed E-state index contributed by atoms with van der Waals surface area (Å²) in [6, 6.07) is 49.1. The zero-order valence-electron chi connectivity index (χ0n) is 24.9. The highest BCUT2D eigenvalue weighted by Crippen LogP contribution is 2.48. The van der Waals surface area contributed by atoms with Crippen LogP contribution in [0.4, 0.5) is 0 Å². The summed E-state index contributed by atoms with van der Waals surface area (Å²) >= 11 is 1.85. The molecule has 5 heteroatoms. The molecule has 218 valence electrons. The van der Waals surface area contributed by atoms with Crippen molar-refractivity contribution in [1.29, 1.82) is 0 Å². The normalized spacial score (nSPS) is 12.3. The second-order valence-electron chi connectivity index (χ2n) is 12.1. The fourth-order valence-electron chi connectivity index (χ4n) is 7.64. The Morgan fingerprint density at radius 2 is 1.17 bits per heavy atom. The predicted octanol–water partition coefficient (Wildman–Crippen LogP) is 11.8. The first-order chi connectivity index (χ1) is 23.3. The average molecular weight is 618 g/mol. The van der Waals surface area contributed by atoms with Gasteiger partial charge in [-0.1, -0.05) is 109 Å². The van der Waals surface area contributed by atoms with Gasteiger partial charge in [0.15, 0.2) is 0 Å². The quantitative estimate of drug-likeness (QED) is 0.194. The third kappa shape index (κ3) is 3.36. The van der Waals surface area contributed by atoms with E-state index in [2.05, 4.69) is 126 Å². The number of thiophene rings is 1. The van der Waals surface area contributed by atoms with Crippen LogP contribution in [0, 0.1) is 0 Å². The number of para-hydroxylation sites is 4. The lowest BCUT2D eigenvalue weighted by atomic mass is 9.99. The zero-order chi connectivity index (χ0) is 30.6. The fourth-order valence-corrected chi connectivity index (χ4v) is 8.90. The summed E-state index contributed by atoms with van der Waals surface area (Å²) in [5.41, 5.74) is 6.63. The Morgan fingerprint density at radius 1 is 0.511 bits per heavy atom. The molecule has 0 spiro atoms. The first-order valence-corrected chi connectivity index (χ1v) is 16.6. The lowest BCUT2D eigenvalue weighted by Crippen LogP contribution is -2.03. The molecular formula is C42H23N3OS. The predicted molar refractivity (Wildman–Crippen MR) is 197 cm³/mol. The Bertz CT molecular complexity index is 3090. The molecular weight excluding hydrogens is 595 g/mol. The van der Waals surface area contributed by atoms with Crippen LogP contribution in [0.2, 0.25) is 0 Å². The monoisotopic (exact) mass is 617 g/mol. The van der Waals surface area contributed by atoms with Crippen LogP contribution >= 0.6 is 11.3 Å². The fraction of sp³-hybridized carbons (Fsp3) is 0. The van der Waals surface area contributed by atoms with Crippen LogP contribution in [0.5, 0.6) is 0 Å². The van der Waals surface area contributed by atoms with E-state index in [0.717, 1.165) is 55.1 Å². The molecule has 0 radical (unpaired) electrons. The van der Waals surface area contributed by atoms with Gasteiger partial charge in [0.25, 0.3) is 0 Å². The highest BCUT2D eigenvalue weighted by Gasteiger charge is 2.24. The van der Waals surface area contributed by atoms with Gasteiger partial charge >= 0.3 is 0 Å². The van der Waals surface area contributed by atoms with Gasteiger partial charge < -0.3 is 4.42 Å². The van der Waals surface area contributed by atoms with Crippen molar-refractivity contribution in [1.82, 2.24) is 14.5 Å². The molecule has 7 aromatic carbocycles. The largest absolute Gasteiger partial charge is 0.455 e. The number of hydrogen-bond acceptors (Lipinski definition) is 4. The molecule has 0 bridgehead atoms. The van der Waals surface area contributed by atoms with Gasteiger partial charge in [-0.05, 0) is 41.1 Å². The number of benzene rings is 7. The molecule has 0 atom stereocenters. The number of fused-ring (bicyclic) bond motifs is 14. The Kier molecular flexibility index (Phi) is 4.96. The van der Waals surface area contributed by atoms with E-state index in [4.69, 9.17) is 14.4 Å². The lowest BCUT2D eigenvalue weighted by Gasteiger charge is -2.13. The number of furan rings is 1. The number of hydrogen-bond donors (Lipinski definition) is 0. The first-order valence-electron chi connectivity index (χ1n) is 15.8. The van der Waals surface area contributed by atoms with Crippen LogP contribution in [-0.4, -0.2) is 14.5 Å². The number of nitrogens with zero attached hydrogens (tertiary/aromatic N) is 3. The van der Waals surface area contributed by atoms with Crippen molar-refractivity contribution < 1.29 is 4.42 Å². The zero-order valence-corrected chi connectivity index (χ0v) is 25.8. The van der Waals surface area contributed by atoms with Gasteiger partial charge in [0.1, 0.15) is 11.2 Å². The van der Waals surface area contributed by atoms with Gasteiger partial charge in [-0.2, -0.15) is 0 Å². The second-order valence-corrected chi connectivity index (χ2v) is 13.1. The first kappa shape index (κ1) is 25.2. The summed E-state index contributed by atoms with van der Waals surface area (Å²) < 4.78 is 11.3. The molecule has 0 aliphatic carbocycles. The van der Waals surface area contributed by atoms with E-state index in [-0.39, 0.29) is 0 Å². The van der Waals surface area contributed by atoms with Gasteiger partial charge in [-0.15, -0.1) is 11.3 Å². The summed E-state index contributed by atoms with van der Waals surface area (Å²) in [4.78, 5) is 10.8. The topological polar surface area (TPSA) is 43.9 Å². The van der Waals surface area contributed by atoms with Gasteiger partial charge in [-0.25, -0.2) is 9.97 Å². The van der Waals surface area contributed by atoms with Crippen molar-refractivity contribution in [3.8, 4) is 17.2 Å². The third-order valence-corrected chi connectivity index (χ3v) is 10.8. The summed E-state index contributed by atoms with van der Waals surface area (Å²) in [6.45, 7) is 0. The molecule has 4 heterocycles. The van der Waals surface area contributed by atoms with Crippen LogP contribution in [0.25, 0.3) is 103 Å². The van der Waals surface area contributed by atoms with E-state index >= 15 is 0 Å². The molecule has 0 aliphatic rings. The number of aromatic nitrogens is 3. The van der Waals surface area contributed by atoms with E-state index in [1.54, 1.807) is 0 Å². The van der Waals surface area contributed by atoms with Crippen molar-refractivity contribution in [2.45, 2.75) is 0 Å². The lowest BCUT2D eigenvalue weighted by molar-refractivity contribution is 0.670. The minimum absolute atomic E-state index is 0.645. The van der Waals surface area contributed by atoms with E-state index in [1.165, 1.54) is 41.7 Å². The second kappa shape index (κ2) is 9.25. The highest BCUT2D eigenvalue weighted by atomic mass is 32.1. The van der Waals surface area contributed by atoms with Crippen LogP contribution in [0.1, 0.15) is 0 Å². The Morgan fingerprint density at radius 3 is 2.04 bits per heavy atom. The average Bonchev–Trinajstić information content (AvgIpc) is 3.81. The van der Waals surface area contributed by atoms with Crippen molar-refractivity contribution >= 4 is 96.9 Å². The minimum atomic E-state index is 0.645. The number of rotatable bonds is 2. The SMILES string of the molecule is c1ccc2c(-c3cccc4c3oc3ccccc34)nc(-n3c4ccccc4c4c5ccccc5c5c6ccccc6sc5c43)nc2c1. The molecule has 0 unspecified atom stereocenters. The van der Waals surface area contributed by atoms with Crippen LogP contribution in [0.3, 0.4) is 0 Å². The summed E-state index contributed by atoms with van der Waals surface area (Å²) in [5, 5.41) is 10.7. The Labute approximate surface area is 271 Å². The smallest absolute Gasteiger partial charge is 0.235 e. The van der Waals surface area contributed by atoms with Crippen molar-refractivity contribution in [2.24, 2.45) is 0 Å². The molecule has 0 N–H and O–H groups in total. The third-order valence-electron chi connectivity index (χ3n) is 9.60. The maximum atomic E-state index is 6.53. The molecule has 11 rings (SSSR count). The van der Waals surface area contributed by atoms with Crippen molar-refractivity contribution in [3.05, 3.63) is 140 Å². The standard InChI is InChI=1S/C42H23N3OS/c1-2-14-26-25(13-1)36-29-16-4-8-21-33(29)45(39(36)41-37(26)30-17-6-10-23-35(30)47-41)42-43-32-20-7-3-15-28(32)38(44-42)31-19-11-18-27-24-12-5-9-22-34(24)46-40(27)31/h1-23H. The summed E-state index contributed by atoms with van der Waals surface area (Å²) in [7, 11) is 0. The summed E-state index contributed by atoms with van der Waals surface area (Å²) in [5.74, 6) is 0.645. The van der Waals surface area contributed by atoms with Gasteiger partial charge in [0, 0.05) is 48.0 Å². The summed E-state index contributed by atoms with van der Waals surface area (Å²) in [6.07, 6.45) is 0. The van der Waals surface area contributed by atoms with Crippen LogP contribution < -0.4 is 0 Å². The Balaban J connectivity index is 1.34. The van der Waals surface area contributed by atoms with E-state index in [0.29, 0.717) is 5.95 Å². The molecule has 0 amide bonds.